The normalized spacial score (nSPS) is 30.3. The van der Waals surface area contributed by atoms with E-state index in [0.717, 1.165) is 25.4 Å². The van der Waals surface area contributed by atoms with Crippen LogP contribution < -0.4 is 0 Å². The highest BCUT2D eigenvalue weighted by Crippen LogP contribution is 2.29. The Kier molecular flexibility index (Phi) is 4.05. The summed E-state index contributed by atoms with van der Waals surface area (Å²) in [6, 6.07) is 0. The van der Waals surface area contributed by atoms with Gasteiger partial charge in [-0.2, -0.15) is 0 Å². The van der Waals surface area contributed by atoms with Crippen molar-refractivity contribution in [2.45, 2.75) is 32.3 Å². The standard InChI is InChI=1S/C13H24N2O2/c1-10-5-6-15(8-12(10)16)9-13(17)14(2)7-11-3-4-11/h10-12,16H,3-9H2,1-2H3. The smallest absolute Gasteiger partial charge is 0.236 e. The maximum atomic E-state index is 12.0. The number of likely N-dealkylation sites (tertiary alicyclic amines) is 1. The van der Waals surface area contributed by atoms with Crippen molar-refractivity contribution in [1.82, 2.24) is 9.80 Å². The number of aliphatic hydroxyl groups is 1. The molecule has 1 N–H and O–H groups in total. The third kappa shape index (κ3) is 3.68. The predicted octanol–water partition coefficient (Wildman–Crippen LogP) is 0.557. The number of carbonyl (C=O) groups is 1. The van der Waals surface area contributed by atoms with Gasteiger partial charge in [0.1, 0.15) is 0 Å². The number of hydrogen-bond donors (Lipinski definition) is 1. The second kappa shape index (κ2) is 5.36. The summed E-state index contributed by atoms with van der Waals surface area (Å²) < 4.78 is 0. The van der Waals surface area contributed by atoms with Gasteiger partial charge in [0.05, 0.1) is 12.6 Å². The summed E-state index contributed by atoms with van der Waals surface area (Å²) in [7, 11) is 1.89. The zero-order valence-electron chi connectivity index (χ0n) is 10.9. The van der Waals surface area contributed by atoms with Crippen LogP contribution in [0.5, 0.6) is 0 Å². The summed E-state index contributed by atoms with van der Waals surface area (Å²) in [4.78, 5) is 15.9. The van der Waals surface area contributed by atoms with Crippen molar-refractivity contribution in [3.63, 3.8) is 0 Å². The van der Waals surface area contributed by atoms with Gasteiger partial charge in [0.15, 0.2) is 0 Å². The summed E-state index contributed by atoms with van der Waals surface area (Å²) in [6.07, 6.45) is 3.26. The fraction of sp³-hybridized carbons (Fsp3) is 0.923. The van der Waals surface area contributed by atoms with Crippen LogP contribution >= 0.6 is 0 Å². The topological polar surface area (TPSA) is 43.8 Å². The molecule has 0 bridgehead atoms. The van der Waals surface area contributed by atoms with Crippen LogP contribution in [0, 0.1) is 11.8 Å². The third-order valence-corrected chi connectivity index (χ3v) is 4.02. The molecule has 1 aliphatic carbocycles. The number of likely N-dealkylation sites (N-methyl/N-ethyl adjacent to an activating group) is 1. The van der Waals surface area contributed by atoms with Crippen LogP contribution in [0.2, 0.25) is 0 Å². The Hall–Kier alpha value is -0.610. The Morgan fingerprint density at radius 2 is 2.12 bits per heavy atom. The van der Waals surface area contributed by atoms with Gasteiger partial charge in [-0.1, -0.05) is 6.92 Å². The molecule has 1 amide bonds. The highest BCUT2D eigenvalue weighted by molar-refractivity contribution is 5.78. The molecule has 4 nitrogen and oxygen atoms in total. The molecular formula is C13H24N2O2. The van der Waals surface area contributed by atoms with Crippen LogP contribution in [0.15, 0.2) is 0 Å². The van der Waals surface area contributed by atoms with Crippen molar-refractivity contribution < 1.29 is 9.90 Å². The average Bonchev–Trinajstić information content (AvgIpc) is 3.07. The number of nitrogens with zero attached hydrogens (tertiary/aromatic N) is 2. The van der Waals surface area contributed by atoms with Crippen molar-refractivity contribution in [2.75, 3.05) is 33.2 Å². The van der Waals surface area contributed by atoms with Gasteiger partial charge in [-0.25, -0.2) is 0 Å². The second-order valence-corrected chi connectivity index (χ2v) is 5.79. The molecule has 98 valence electrons. The van der Waals surface area contributed by atoms with Gasteiger partial charge in [-0.15, -0.1) is 0 Å². The zero-order chi connectivity index (χ0) is 12.4. The lowest BCUT2D eigenvalue weighted by Gasteiger charge is -2.34. The molecule has 1 heterocycles. The Bertz CT molecular complexity index is 279. The summed E-state index contributed by atoms with van der Waals surface area (Å²) in [5, 5.41) is 9.79. The minimum absolute atomic E-state index is 0.193. The maximum Gasteiger partial charge on any atom is 0.236 e. The van der Waals surface area contributed by atoms with Gasteiger partial charge < -0.3 is 10.0 Å². The quantitative estimate of drug-likeness (QED) is 0.781. The molecule has 2 rings (SSSR count). The summed E-state index contributed by atoms with van der Waals surface area (Å²) in [5.74, 6) is 1.31. The fourth-order valence-electron chi connectivity index (χ4n) is 2.36. The minimum Gasteiger partial charge on any atom is -0.392 e. The van der Waals surface area contributed by atoms with Crippen molar-refractivity contribution >= 4 is 5.91 Å². The van der Waals surface area contributed by atoms with E-state index in [9.17, 15) is 9.90 Å². The first-order valence-electron chi connectivity index (χ1n) is 6.70. The number of β-amino-alcohol motifs (C(OH)–C–C–N with tert-alkyl or cyclic N) is 1. The number of carbonyl (C=O) groups excluding carboxylic acids is 1. The summed E-state index contributed by atoms with van der Waals surface area (Å²) in [6.45, 7) is 5.02. The number of hydrogen-bond acceptors (Lipinski definition) is 3. The van der Waals surface area contributed by atoms with Crippen LogP contribution in [0.1, 0.15) is 26.2 Å². The van der Waals surface area contributed by atoms with E-state index < -0.39 is 0 Å². The fourth-order valence-corrected chi connectivity index (χ4v) is 2.36. The molecule has 2 fully saturated rings. The van der Waals surface area contributed by atoms with Crippen LogP contribution in [-0.4, -0.2) is 60.1 Å². The van der Waals surface area contributed by atoms with Crippen molar-refractivity contribution in [3.05, 3.63) is 0 Å². The predicted molar refractivity (Wildman–Crippen MR) is 66.6 cm³/mol. The first kappa shape index (κ1) is 12.8. The van der Waals surface area contributed by atoms with E-state index in [-0.39, 0.29) is 12.0 Å². The first-order valence-corrected chi connectivity index (χ1v) is 6.70. The lowest BCUT2D eigenvalue weighted by atomic mass is 9.96. The third-order valence-electron chi connectivity index (χ3n) is 4.02. The van der Waals surface area contributed by atoms with Gasteiger partial charge >= 0.3 is 0 Å². The number of piperidine rings is 1. The molecule has 1 saturated carbocycles. The number of amides is 1. The Morgan fingerprint density at radius 3 is 2.71 bits per heavy atom. The van der Waals surface area contributed by atoms with Gasteiger partial charge in [-0.05, 0) is 37.6 Å². The van der Waals surface area contributed by atoms with Crippen molar-refractivity contribution in [2.24, 2.45) is 11.8 Å². The molecule has 4 heteroatoms. The molecule has 17 heavy (non-hydrogen) atoms. The molecule has 2 aliphatic rings. The molecule has 0 aromatic carbocycles. The maximum absolute atomic E-state index is 12.0. The van der Waals surface area contributed by atoms with E-state index in [1.54, 1.807) is 0 Å². The summed E-state index contributed by atoms with van der Waals surface area (Å²) in [5.41, 5.74) is 0. The largest absolute Gasteiger partial charge is 0.392 e. The van der Waals surface area contributed by atoms with Gasteiger partial charge in [0, 0.05) is 20.1 Å². The molecule has 0 spiro atoms. The van der Waals surface area contributed by atoms with Crippen LogP contribution in [0.25, 0.3) is 0 Å². The zero-order valence-corrected chi connectivity index (χ0v) is 10.9. The number of aliphatic hydroxyl groups excluding tert-OH is 1. The van der Waals surface area contributed by atoms with Gasteiger partial charge in [0.2, 0.25) is 5.91 Å². The molecule has 0 radical (unpaired) electrons. The second-order valence-electron chi connectivity index (χ2n) is 5.79. The van der Waals surface area contributed by atoms with Crippen molar-refractivity contribution in [1.29, 1.82) is 0 Å². The lowest BCUT2D eigenvalue weighted by Crippen LogP contribution is -2.47. The first-order chi connectivity index (χ1) is 8.06. The lowest BCUT2D eigenvalue weighted by molar-refractivity contribution is -0.132. The van der Waals surface area contributed by atoms with E-state index in [0.29, 0.717) is 19.0 Å². The van der Waals surface area contributed by atoms with E-state index in [1.807, 2.05) is 11.9 Å². The molecule has 2 unspecified atom stereocenters. The van der Waals surface area contributed by atoms with Gasteiger partial charge in [-0.3, -0.25) is 9.69 Å². The molecule has 1 saturated heterocycles. The van der Waals surface area contributed by atoms with Crippen LogP contribution in [0.3, 0.4) is 0 Å². The molecule has 0 aromatic rings. The molecule has 1 aliphatic heterocycles. The van der Waals surface area contributed by atoms with E-state index in [2.05, 4.69) is 11.8 Å². The monoisotopic (exact) mass is 240 g/mol. The van der Waals surface area contributed by atoms with Crippen LogP contribution in [0.4, 0.5) is 0 Å². The number of rotatable bonds is 4. The van der Waals surface area contributed by atoms with E-state index in [4.69, 9.17) is 0 Å². The van der Waals surface area contributed by atoms with Crippen LogP contribution in [-0.2, 0) is 4.79 Å². The summed E-state index contributed by atoms with van der Waals surface area (Å²) >= 11 is 0. The van der Waals surface area contributed by atoms with Crippen molar-refractivity contribution in [3.8, 4) is 0 Å². The minimum atomic E-state index is -0.273. The average molecular weight is 240 g/mol. The van der Waals surface area contributed by atoms with E-state index in [1.165, 1.54) is 12.8 Å². The van der Waals surface area contributed by atoms with Gasteiger partial charge in [0.25, 0.3) is 0 Å². The molecule has 2 atom stereocenters. The molecule has 0 aromatic heterocycles. The SMILES string of the molecule is CC1CCN(CC(=O)N(C)CC2CC2)CC1O. The highest BCUT2D eigenvalue weighted by atomic mass is 16.3. The Morgan fingerprint density at radius 1 is 1.41 bits per heavy atom. The van der Waals surface area contributed by atoms with E-state index >= 15 is 0 Å². The Balaban J connectivity index is 1.73. The molecular weight excluding hydrogens is 216 g/mol. The highest BCUT2D eigenvalue weighted by Gasteiger charge is 2.28. The Labute approximate surface area is 104 Å².